The van der Waals surface area contributed by atoms with Gasteiger partial charge in [-0.15, -0.1) is 0 Å². The summed E-state index contributed by atoms with van der Waals surface area (Å²) in [7, 11) is -2.38. The zero-order chi connectivity index (χ0) is 12.6. The van der Waals surface area contributed by atoms with E-state index in [1.54, 1.807) is 24.3 Å². The average Bonchev–Trinajstić information content (AvgIpc) is 2.30. The number of fused-ring (bicyclic) bond motifs is 1. The molecule has 0 aliphatic rings. The molecule has 0 aliphatic carbocycles. The van der Waals surface area contributed by atoms with Gasteiger partial charge in [-0.1, -0.05) is 18.2 Å². The summed E-state index contributed by atoms with van der Waals surface area (Å²) in [6.45, 7) is 0. The lowest BCUT2D eigenvalue weighted by molar-refractivity contribution is 0.465. The highest BCUT2D eigenvalue weighted by Crippen LogP contribution is 2.33. The van der Waals surface area contributed by atoms with E-state index in [-0.39, 0.29) is 10.6 Å². The second-order valence-corrected chi connectivity index (χ2v) is 5.42. The van der Waals surface area contributed by atoms with Gasteiger partial charge in [-0.2, -0.15) is 0 Å². The summed E-state index contributed by atoms with van der Waals surface area (Å²) >= 11 is 0. The molecule has 0 radical (unpaired) electrons. The van der Waals surface area contributed by atoms with Gasteiger partial charge >= 0.3 is 0 Å². The summed E-state index contributed by atoms with van der Waals surface area (Å²) in [5.41, 5.74) is 6.23. The topological polar surface area (TPSA) is 92.4 Å². The van der Waals surface area contributed by atoms with Crippen molar-refractivity contribution in [2.45, 2.75) is 4.90 Å². The maximum atomic E-state index is 11.6. The van der Waals surface area contributed by atoms with E-state index in [1.807, 2.05) is 0 Å². The van der Waals surface area contributed by atoms with Crippen molar-refractivity contribution in [1.29, 1.82) is 0 Å². The van der Waals surface area contributed by atoms with Crippen molar-refractivity contribution >= 4 is 26.5 Å². The Balaban J connectivity index is 2.85. The van der Waals surface area contributed by atoms with Gasteiger partial charge in [0.25, 0.3) is 0 Å². The minimum Gasteiger partial charge on any atom is -0.506 e. The van der Waals surface area contributed by atoms with Crippen LogP contribution in [-0.2, 0) is 10.0 Å². The number of hydrogen-bond donors (Lipinski definition) is 3. The second kappa shape index (κ2) is 3.90. The Bertz CT molecular complexity index is 680. The van der Waals surface area contributed by atoms with Crippen molar-refractivity contribution in [2.24, 2.45) is 0 Å². The summed E-state index contributed by atoms with van der Waals surface area (Å²) in [4.78, 5) is -0.155. The monoisotopic (exact) mass is 252 g/mol. The van der Waals surface area contributed by atoms with E-state index < -0.39 is 10.0 Å². The van der Waals surface area contributed by atoms with Gasteiger partial charge in [-0.3, -0.25) is 0 Å². The number of hydrogen-bond acceptors (Lipinski definition) is 4. The summed E-state index contributed by atoms with van der Waals surface area (Å²) < 4.78 is 25.5. The number of sulfonamides is 1. The number of nitrogens with two attached hydrogens (primary N) is 1. The fourth-order valence-corrected chi connectivity index (χ4v) is 2.50. The van der Waals surface area contributed by atoms with Gasteiger partial charge in [0.15, 0.2) is 0 Å². The zero-order valence-electron chi connectivity index (χ0n) is 9.14. The Hall–Kier alpha value is -1.79. The van der Waals surface area contributed by atoms with Gasteiger partial charge in [0.05, 0.1) is 0 Å². The number of phenolic OH excluding ortho intramolecular Hbond substituents is 1. The normalized spacial score (nSPS) is 11.8. The van der Waals surface area contributed by atoms with Crippen LogP contribution in [0, 0.1) is 0 Å². The molecule has 0 saturated heterocycles. The van der Waals surface area contributed by atoms with E-state index in [0.29, 0.717) is 16.5 Å². The van der Waals surface area contributed by atoms with E-state index in [0.717, 1.165) is 0 Å². The van der Waals surface area contributed by atoms with Crippen molar-refractivity contribution in [3.63, 3.8) is 0 Å². The van der Waals surface area contributed by atoms with Gasteiger partial charge < -0.3 is 10.8 Å². The summed E-state index contributed by atoms with van der Waals surface area (Å²) in [5.74, 6) is -0.288. The zero-order valence-corrected chi connectivity index (χ0v) is 9.95. The van der Waals surface area contributed by atoms with Gasteiger partial charge in [-0.05, 0) is 19.2 Å². The van der Waals surface area contributed by atoms with E-state index in [9.17, 15) is 13.5 Å². The maximum Gasteiger partial charge on any atom is 0.244 e. The number of anilines is 1. The molecule has 0 atom stereocenters. The minimum absolute atomic E-state index is 0.155. The molecule has 2 aromatic carbocycles. The smallest absolute Gasteiger partial charge is 0.244 e. The third-order valence-electron chi connectivity index (χ3n) is 2.59. The lowest BCUT2D eigenvalue weighted by atomic mass is 10.1. The lowest BCUT2D eigenvalue weighted by Gasteiger charge is -2.09. The largest absolute Gasteiger partial charge is 0.506 e. The molecule has 0 saturated carbocycles. The van der Waals surface area contributed by atoms with Crippen LogP contribution >= 0.6 is 0 Å². The van der Waals surface area contributed by atoms with Gasteiger partial charge in [0.1, 0.15) is 10.6 Å². The number of nitrogens with one attached hydrogen (secondary N) is 1. The van der Waals surface area contributed by atoms with Gasteiger partial charge in [0.2, 0.25) is 10.0 Å². The molecule has 0 bridgehead atoms. The Morgan fingerprint density at radius 2 is 1.88 bits per heavy atom. The van der Waals surface area contributed by atoms with Gasteiger partial charge in [0, 0.05) is 16.5 Å². The van der Waals surface area contributed by atoms with E-state index in [1.165, 1.54) is 13.1 Å². The van der Waals surface area contributed by atoms with E-state index in [4.69, 9.17) is 5.73 Å². The third-order valence-corrected chi connectivity index (χ3v) is 4.03. The number of aromatic hydroxyl groups is 1. The first-order valence-corrected chi connectivity index (χ1v) is 6.39. The molecule has 0 amide bonds. The van der Waals surface area contributed by atoms with Crippen LogP contribution in [0.15, 0.2) is 35.2 Å². The molecule has 90 valence electrons. The van der Waals surface area contributed by atoms with Crippen LogP contribution in [-0.4, -0.2) is 20.6 Å². The standard InChI is InChI=1S/C11H12N2O3S/c1-13-17(15,16)10-6-5-7-8(11(10)14)3-2-4-9(7)12/h2-6,13-14H,12H2,1H3. The molecule has 4 N–H and O–H groups in total. The summed E-state index contributed by atoms with van der Waals surface area (Å²) in [6, 6.07) is 7.88. The Morgan fingerprint density at radius 1 is 1.18 bits per heavy atom. The van der Waals surface area contributed by atoms with Crippen LogP contribution in [0.3, 0.4) is 0 Å². The fraction of sp³-hybridized carbons (Fsp3) is 0.0909. The highest BCUT2D eigenvalue weighted by Gasteiger charge is 2.18. The molecule has 0 fully saturated rings. The van der Waals surface area contributed by atoms with Crippen LogP contribution in [0.2, 0.25) is 0 Å². The molecule has 17 heavy (non-hydrogen) atoms. The Morgan fingerprint density at radius 3 is 2.53 bits per heavy atom. The van der Waals surface area contributed by atoms with Gasteiger partial charge in [-0.25, -0.2) is 13.1 Å². The van der Waals surface area contributed by atoms with Crippen LogP contribution in [0.25, 0.3) is 10.8 Å². The van der Waals surface area contributed by atoms with Crippen molar-refractivity contribution in [1.82, 2.24) is 4.72 Å². The van der Waals surface area contributed by atoms with Crippen LogP contribution in [0.5, 0.6) is 5.75 Å². The number of rotatable bonds is 2. The average molecular weight is 252 g/mol. The van der Waals surface area contributed by atoms with Crippen LogP contribution < -0.4 is 10.5 Å². The van der Waals surface area contributed by atoms with Crippen molar-refractivity contribution in [3.8, 4) is 5.75 Å². The first-order chi connectivity index (χ1) is 7.97. The highest BCUT2D eigenvalue weighted by atomic mass is 32.2. The number of benzene rings is 2. The molecule has 0 aliphatic heterocycles. The maximum absolute atomic E-state index is 11.6. The third kappa shape index (κ3) is 1.81. The molecular weight excluding hydrogens is 240 g/mol. The van der Waals surface area contributed by atoms with E-state index >= 15 is 0 Å². The SMILES string of the molecule is CNS(=O)(=O)c1ccc2c(N)cccc2c1O. The van der Waals surface area contributed by atoms with E-state index in [2.05, 4.69) is 4.72 Å². The molecule has 2 rings (SSSR count). The first-order valence-electron chi connectivity index (χ1n) is 4.91. The van der Waals surface area contributed by atoms with Crippen molar-refractivity contribution in [3.05, 3.63) is 30.3 Å². The van der Waals surface area contributed by atoms with Crippen LogP contribution in [0.1, 0.15) is 0 Å². The summed E-state index contributed by atoms with van der Waals surface area (Å²) in [5, 5.41) is 11.0. The molecule has 0 aromatic heterocycles. The Kier molecular flexibility index (Phi) is 2.68. The predicted octanol–water partition coefficient (Wildman–Crippen LogP) is 1.04. The molecule has 0 unspecified atom stereocenters. The van der Waals surface area contributed by atoms with Crippen LogP contribution in [0.4, 0.5) is 5.69 Å². The molecule has 6 heteroatoms. The quantitative estimate of drug-likeness (QED) is 0.696. The molecule has 2 aromatic rings. The fourth-order valence-electron chi connectivity index (χ4n) is 1.67. The first kappa shape index (κ1) is 11.7. The molecular formula is C11H12N2O3S. The van der Waals surface area contributed by atoms with Crippen molar-refractivity contribution < 1.29 is 13.5 Å². The number of phenols is 1. The molecule has 0 spiro atoms. The number of nitrogen functional groups attached to an aromatic ring is 1. The minimum atomic E-state index is -3.67. The highest BCUT2D eigenvalue weighted by molar-refractivity contribution is 7.89. The second-order valence-electron chi connectivity index (χ2n) is 3.56. The lowest BCUT2D eigenvalue weighted by Crippen LogP contribution is -2.18. The van der Waals surface area contributed by atoms with Crippen molar-refractivity contribution in [2.75, 3.05) is 12.8 Å². The molecule has 0 heterocycles. The predicted molar refractivity (Wildman–Crippen MR) is 66.3 cm³/mol. The Labute approximate surface area is 98.9 Å². The summed E-state index contributed by atoms with van der Waals surface area (Å²) in [6.07, 6.45) is 0. The molecule has 5 nitrogen and oxygen atoms in total.